The maximum Gasteiger partial charge on any atom is 0.472 e. The van der Waals surface area contributed by atoms with Crippen molar-refractivity contribution in [2.24, 2.45) is 5.73 Å². The number of carboxylic acid groups (broad SMARTS) is 1. The Bertz CT molecular complexity index is 1300. The van der Waals surface area contributed by atoms with Crippen molar-refractivity contribution in [3.63, 3.8) is 0 Å². The van der Waals surface area contributed by atoms with Crippen molar-refractivity contribution in [1.29, 1.82) is 0 Å². The maximum absolute atomic E-state index is 12.6. The van der Waals surface area contributed by atoms with Gasteiger partial charge in [0.2, 0.25) is 0 Å². The molecule has 0 fully saturated rings. The number of carbonyl (C=O) groups is 3. The SMILES string of the molecule is CCCCC/C=C\C/C=C\C/C=C\C/C=C\C/C=C\CCC(=O)OC[C@H](COP(=O)(O)OC[C@H](N)C(=O)O)OC(=O)CCCCCCC/C=C\C/C=C\CCCCC. The zero-order valence-electron chi connectivity index (χ0n) is 35.6. The third-order valence-corrected chi connectivity index (χ3v) is 9.58. The third kappa shape index (κ3) is 39.5. The van der Waals surface area contributed by atoms with Crippen LogP contribution in [0.4, 0.5) is 0 Å². The predicted octanol–water partition coefficient (Wildman–Crippen LogP) is 11.5. The standard InChI is InChI=1S/C46H76NO10P/c1-3-5-7-9-11-13-15-17-19-20-21-22-24-25-27-29-31-33-35-37-44(48)54-39-42(40-55-58(52,53)56-41-43(47)46(50)51)57-45(49)38-36-34-32-30-28-26-23-18-16-14-12-10-8-6-4-2/h11-14,17-19,21-23,25,27,31,33,42-43H,3-10,15-16,20,24,26,28-30,32,34-41,47H2,1-2H3,(H,50,51)(H,52,53)/b13-11-,14-12-,19-17-,22-21-,23-18-,27-25-,33-31-/t42-,43+/m1/s1. The molecule has 0 aromatic rings. The molecule has 0 spiro atoms. The fourth-order valence-electron chi connectivity index (χ4n) is 5.19. The number of unbranched alkanes of at least 4 members (excludes halogenated alkanes) is 11. The highest BCUT2D eigenvalue weighted by atomic mass is 31.2. The smallest absolute Gasteiger partial charge is 0.472 e. The van der Waals surface area contributed by atoms with E-state index in [1.165, 1.54) is 44.9 Å². The summed E-state index contributed by atoms with van der Waals surface area (Å²) in [5, 5.41) is 8.88. The molecule has 0 saturated heterocycles. The van der Waals surface area contributed by atoms with Crippen LogP contribution >= 0.6 is 7.82 Å². The van der Waals surface area contributed by atoms with Gasteiger partial charge in [-0.15, -0.1) is 0 Å². The second kappa shape index (κ2) is 40.4. The summed E-state index contributed by atoms with van der Waals surface area (Å²) in [4.78, 5) is 45.9. The average Bonchev–Trinajstić information content (AvgIpc) is 3.20. The largest absolute Gasteiger partial charge is 0.480 e. The van der Waals surface area contributed by atoms with Crippen molar-refractivity contribution in [2.45, 2.75) is 167 Å². The maximum atomic E-state index is 12.6. The molecule has 0 saturated carbocycles. The first-order valence-electron chi connectivity index (χ1n) is 21.6. The third-order valence-electron chi connectivity index (χ3n) is 8.63. The van der Waals surface area contributed by atoms with E-state index in [1.807, 2.05) is 12.2 Å². The number of hydrogen-bond donors (Lipinski definition) is 3. The second-order valence-electron chi connectivity index (χ2n) is 14.1. The van der Waals surface area contributed by atoms with Gasteiger partial charge in [0, 0.05) is 12.8 Å². The van der Waals surface area contributed by atoms with Gasteiger partial charge in [-0.3, -0.25) is 23.4 Å². The lowest BCUT2D eigenvalue weighted by Gasteiger charge is -2.20. The van der Waals surface area contributed by atoms with E-state index in [9.17, 15) is 23.8 Å². The lowest BCUT2D eigenvalue weighted by atomic mass is 10.1. The fourth-order valence-corrected chi connectivity index (χ4v) is 5.97. The molecule has 0 aromatic carbocycles. The Morgan fingerprint density at radius 1 is 0.534 bits per heavy atom. The highest BCUT2D eigenvalue weighted by molar-refractivity contribution is 7.47. The van der Waals surface area contributed by atoms with Crippen LogP contribution in [-0.2, 0) is 37.5 Å². The summed E-state index contributed by atoms with van der Waals surface area (Å²) in [6.07, 6.45) is 49.4. The normalized spacial score (nSPS) is 14.6. The summed E-state index contributed by atoms with van der Waals surface area (Å²) in [6.45, 7) is 2.64. The Labute approximate surface area is 350 Å². The number of phosphoric acid groups is 1. The summed E-state index contributed by atoms with van der Waals surface area (Å²) in [5.74, 6) is -2.51. The Morgan fingerprint density at radius 3 is 1.43 bits per heavy atom. The van der Waals surface area contributed by atoms with Crippen LogP contribution in [0.25, 0.3) is 0 Å². The van der Waals surface area contributed by atoms with E-state index in [4.69, 9.17) is 24.8 Å². The lowest BCUT2D eigenvalue weighted by Crippen LogP contribution is -2.34. The Kier molecular flexibility index (Phi) is 38.1. The number of rotatable bonds is 39. The lowest BCUT2D eigenvalue weighted by molar-refractivity contribution is -0.161. The Morgan fingerprint density at radius 2 is 0.948 bits per heavy atom. The minimum atomic E-state index is -4.74. The molecule has 0 amide bonds. The van der Waals surface area contributed by atoms with Gasteiger partial charge in [-0.05, 0) is 83.5 Å². The van der Waals surface area contributed by atoms with E-state index >= 15 is 0 Å². The van der Waals surface area contributed by atoms with Gasteiger partial charge in [0.05, 0.1) is 13.2 Å². The molecular weight excluding hydrogens is 757 g/mol. The summed E-state index contributed by atoms with van der Waals surface area (Å²) in [6, 6.07) is -1.54. The van der Waals surface area contributed by atoms with Crippen molar-refractivity contribution in [1.82, 2.24) is 0 Å². The van der Waals surface area contributed by atoms with Crippen LogP contribution in [0.5, 0.6) is 0 Å². The molecule has 12 heteroatoms. The molecule has 0 heterocycles. The number of nitrogens with two attached hydrogens (primary N) is 1. The van der Waals surface area contributed by atoms with Crippen LogP contribution in [0.2, 0.25) is 0 Å². The fraction of sp³-hybridized carbons (Fsp3) is 0.630. The van der Waals surface area contributed by atoms with Crippen molar-refractivity contribution in [3.05, 3.63) is 85.1 Å². The van der Waals surface area contributed by atoms with E-state index in [1.54, 1.807) is 0 Å². The number of hydrogen-bond acceptors (Lipinski definition) is 9. The number of aliphatic carboxylic acids is 1. The number of phosphoric ester groups is 1. The second-order valence-corrected chi connectivity index (χ2v) is 15.6. The molecule has 0 aliphatic heterocycles. The highest BCUT2D eigenvalue weighted by Gasteiger charge is 2.28. The van der Waals surface area contributed by atoms with Crippen molar-refractivity contribution < 1.29 is 47.5 Å². The van der Waals surface area contributed by atoms with Gasteiger partial charge in [-0.2, -0.15) is 0 Å². The molecule has 0 aromatic heterocycles. The van der Waals surface area contributed by atoms with Crippen molar-refractivity contribution >= 4 is 25.7 Å². The molecule has 1 unspecified atom stereocenters. The van der Waals surface area contributed by atoms with E-state index < -0.39 is 57.7 Å². The first-order valence-corrected chi connectivity index (χ1v) is 23.1. The molecule has 0 aliphatic carbocycles. The minimum Gasteiger partial charge on any atom is -0.480 e. The number of esters is 2. The van der Waals surface area contributed by atoms with Crippen LogP contribution in [0.1, 0.15) is 155 Å². The van der Waals surface area contributed by atoms with E-state index in [0.717, 1.165) is 70.6 Å². The van der Waals surface area contributed by atoms with Gasteiger partial charge in [0.1, 0.15) is 12.6 Å². The van der Waals surface area contributed by atoms with Crippen LogP contribution < -0.4 is 5.73 Å². The average molecular weight is 834 g/mol. The van der Waals surface area contributed by atoms with Crippen molar-refractivity contribution in [3.8, 4) is 0 Å². The summed E-state index contributed by atoms with van der Waals surface area (Å²) in [5.41, 5.74) is 5.32. The number of allylic oxidation sites excluding steroid dienone is 14. The quantitative estimate of drug-likeness (QED) is 0.0233. The number of carbonyl (C=O) groups excluding carboxylic acids is 2. The Hall–Kier alpha value is -3.34. The molecule has 4 N–H and O–H groups in total. The summed E-state index contributed by atoms with van der Waals surface area (Å²) >= 11 is 0. The topological polar surface area (TPSA) is 172 Å². The van der Waals surface area contributed by atoms with Crippen LogP contribution in [0.15, 0.2) is 85.1 Å². The molecule has 0 radical (unpaired) electrons. The molecule has 3 atom stereocenters. The molecular formula is C46H76NO10P. The van der Waals surface area contributed by atoms with Crippen LogP contribution in [0, 0.1) is 0 Å². The first-order chi connectivity index (χ1) is 28.1. The number of carboxylic acids is 1. The van der Waals surface area contributed by atoms with Crippen LogP contribution in [0.3, 0.4) is 0 Å². The molecule has 58 heavy (non-hydrogen) atoms. The van der Waals surface area contributed by atoms with Crippen LogP contribution in [-0.4, -0.2) is 59.9 Å². The van der Waals surface area contributed by atoms with Gasteiger partial charge in [0.15, 0.2) is 6.10 Å². The predicted molar refractivity (Wildman–Crippen MR) is 235 cm³/mol. The molecule has 0 rings (SSSR count). The monoisotopic (exact) mass is 834 g/mol. The van der Waals surface area contributed by atoms with E-state index in [-0.39, 0.29) is 12.8 Å². The van der Waals surface area contributed by atoms with Gasteiger partial charge < -0.3 is 25.2 Å². The Balaban J connectivity index is 4.53. The summed E-state index contributed by atoms with van der Waals surface area (Å²) in [7, 11) is -4.74. The molecule has 11 nitrogen and oxygen atoms in total. The van der Waals surface area contributed by atoms with Gasteiger partial charge >= 0.3 is 25.7 Å². The minimum absolute atomic E-state index is 0.0906. The van der Waals surface area contributed by atoms with Gasteiger partial charge in [0.25, 0.3) is 0 Å². The van der Waals surface area contributed by atoms with E-state index in [0.29, 0.717) is 12.8 Å². The summed E-state index contributed by atoms with van der Waals surface area (Å²) < 4.78 is 32.6. The van der Waals surface area contributed by atoms with Crippen molar-refractivity contribution in [2.75, 3.05) is 19.8 Å². The van der Waals surface area contributed by atoms with Gasteiger partial charge in [-0.1, -0.05) is 144 Å². The number of ether oxygens (including phenoxy) is 2. The zero-order chi connectivity index (χ0) is 42.8. The molecule has 0 bridgehead atoms. The molecule has 330 valence electrons. The highest BCUT2D eigenvalue weighted by Crippen LogP contribution is 2.43. The van der Waals surface area contributed by atoms with Gasteiger partial charge in [-0.25, -0.2) is 4.57 Å². The molecule has 0 aliphatic rings. The first kappa shape index (κ1) is 54.7. The van der Waals surface area contributed by atoms with E-state index in [2.05, 4.69) is 91.3 Å². The zero-order valence-corrected chi connectivity index (χ0v) is 36.5.